The third-order valence-electron chi connectivity index (χ3n) is 4.11. The highest BCUT2D eigenvalue weighted by molar-refractivity contribution is 4.99. The molecule has 0 saturated heterocycles. The molecule has 0 bridgehead atoms. The van der Waals surface area contributed by atoms with Crippen LogP contribution >= 0.6 is 0 Å². The van der Waals surface area contributed by atoms with Crippen molar-refractivity contribution in [2.24, 2.45) is 11.8 Å². The molecule has 0 aliphatic heterocycles. The first-order chi connectivity index (χ1) is 7.25. The molecular formula is C14H25N. The van der Waals surface area contributed by atoms with Gasteiger partial charge in [0.15, 0.2) is 0 Å². The van der Waals surface area contributed by atoms with Crippen molar-refractivity contribution >= 4 is 0 Å². The van der Waals surface area contributed by atoms with Gasteiger partial charge in [0.05, 0.1) is 0 Å². The molecule has 0 amide bonds. The third kappa shape index (κ3) is 3.07. The van der Waals surface area contributed by atoms with E-state index in [0.717, 1.165) is 17.9 Å². The highest BCUT2D eigenvalue weighted by atomic mass is 15.0. The molecule has 0 heterocycles. The fourth-order valence-electron chi connectivity index (χ4n) is 3.14. The Morgan fingerprint density at radius 3 is 2.67 bits per heavy atom. The molecule has 0 aromatic heterocycles. The maximum absolute atomic E-state index is 3.84. The average molecular weight is 207 g/mol. The quantitative estimate of drug-likeness (QED) is 0.683. The van der Waals surface area contributed by atoms with Gasteiger partial charge in [0, 0.05) is 12.1 Å². The molecule has 0 spiro atoms. The predicted molar refractivity (Wildman–Crippen MR) is 65.9 cm³/mol. The molecule has 2 aliphatic rings. The maximum atomic E-state index is 3.84. The van der Waals surface area contributed by atoms with Crippen molar-refractivity contribution in [3.63, 3.8) is 0 Å². The predicted octanol–water partition coefficient (Wildman–Crippen LogP) is 3.51. The molecule has 2 aliphatic carbocycles. The van der Waals surface area contributed by atoms with E-state index in [9.17, 15) is 0 Å². The standard InChI is InChI=1S/C14H25N/c1-11-8-9-14(12(2)10-11)15-13-6-4-3-5-7-13/h4,6,11-15H,3,5,7-10H2,1-2H3. The van der Waals surface area contributed by atoms with E-state index in [2.05, 4.69) is 31.3 Å². The van der Waals surface area contributed by atoms with Crippen LogP contribution in [-0.2, 0) is 0 Å². The van der Waals surface area contributed by atoms with E-state index in [1.165, 1.54) is 38.5 Å². The minimum absolute atomic E-state index is 0.666. The zero-order chi connectivity index (χ0) is 10.7. The number of allylic oxidation sites excluding steroid dienone is 1. The third-order valence-corrected chi connectivity index (χ3v) is 4.11. The summed E-state index contributed by atoms with van der Waals surface area (Å²) in [4.78, 5) is 0. The second kappa shape index (κ2) is 5.16. The first-order valence-corrected chi connectivity index (χ1v) is 6.68. The van der Waals surface area contributed by atoms with E-state index in [1.807, 2.05) is 0 Å². The van der Waals surface area contributed by atoms with E-state index in [4.69, 9.17) is 0 Å². The lowest BCUT2D eigenvalue weighted by atomic mass is 9.79. The molecule has 1 N–H and O–H groups in total. The van der Waals surface area contributed by atoms with E-state index in [0.29, 0.717) is 6.04 Å². The Bertz CT molecular complexity index is 221. The van der Waals surface area contributed by atoms with Crippen LogP contribution in [0.2, 0.25) is 0 Å². The van der Waals surface area contributed by atoms with Crippen LogP contribution in [0.5, 0.6) is 0 Å². The highest BCUT2D eigenvalue weighted by Gasteiger charge is 2.26. The molecule has 1 nitrogen and oxygen atoms in total. The Hall–Kier alpha value is -0.300. The number of hydrogen-bond donors (Lipinski definition) is 1. The van der Waals surface area contributed by atoms with Gasteiger partial charge in [-0.2, -0.15) is 0 Å². The van der Waals surface area contributed by atoms with Crippen molar-refractivity contribution in [1.29, 1.82) is 0 Å². The van der Waals surface area contributed by atoms with Gasteiger partial charge in [0.25, 0.3) is 0 Å². The van der Waals surface area contributed by atoms with Crippen LogP contribution in [0.25, 0.3) is 0 Å². The summed E-state index contributed by atoms with van der Waals surface area (Å²) in [6.07, 6.45) is 12.9. The number of hydrogen-bond acceptors (Lipinski definition) is 1. The summed E-state index contributed by atoms with van der Waals surface area (Å²) in [5.41, 5.74) is 0. The fourth-order valence-corrected chi connectivity index (χ4v) is 3.14. The van der Waals surface area contributed by atoms with E-state index in [-0.39, 0.29) is 0 Å². The molecule has 15 heavy (non-hydrogen) atoms. The molecule has 4 atom stereocenters. The SMILES string of the molecule is CC1CCC(NC2C=CCCC2)C(C)C1. The van der Waals surface area contributed by atoms with Gasteiger partial charge in [0.2, 0.25) is 0 Å². The molecule has 0 aromatic carbocycles. The van der Waals surface area contributed by atoms with Crippen molar-refractivity contribution < 1.29 is 0 Å². The van der Waals surface area contributed by atoms with E-state index in [1.54, 1.807) is 0 Å². The normalized spacial score (nSPS) is 41.7. The number of nitrogens with one attached hydrogen (secondary N) is 1. The summed E-state index contributed by atoms with van der Waals surface area (Å²) in [6.45, 7) is 4.81. The van der Waals surface area contributed by atoms with Gasteiger partial charge in [-0.15, -0.1) is 0 Å². The number of rotatable bonds is 2. The lowest BCUT2D eigenvalue weighted by molar-refractivity contribution is 0.217. The van der Waals surface area contributed by atoms with E-state index < -0.39 is 0 Å². The monoisotopic (exact) mass is 207 g/mol. The lowest BCUT2D eigenvalue weighted by Gasteiger charge is -2.36. The van der Waals surface area contributed by atoms with Crippen LogP contribution < -0.4 is 5.32 Å². The fraction of sp³-hybridized carbons (Fsp3) is 0.857. The van der Waals surface area contributed by atoms with Gasteiger partial charge >= 0.3 is 0 Å². The van der Waals surface area contributed by atoms with Gasteiger partial charge < -0.3 is 5.32 Å². The van der Waals surface area contributed by atoms with Gasteiger partial charge in [-0.1, -0.05) is 26.0 Å². The van der Waals surface area contributed by atoms with Gasteiger partial charge in [-0.3, -0.25) is 0 Å². The second-order valence-corrected chi connectivity index (χ2v) is 5.63. The molecule has 1 saturated carbocycles. The van der Waals surface area contributed by atoms with Crippen LogP contribution in [0.1, 0.15) is 52.4 Å². The van der Waals surface area contributed by atoms with Crippen molar-refractivity contribution in [2.45, 2.75) is 64.5 Å². The second-order valence-electron chi connectivity index (χ2n) is 5.63. The van der Waals surface area contributed by atoms with Crippen molar-refractivity contribution in [3.05, 3.63) is 12.2 Å². The average Bonchev–Trinajstić information content (AvgIpc) is 2.24. The first-order valence-electron chi connectivity index (χ1n) is 6.68. The summed E-state index contributed by atoms with van der Waals surface area (Å²) in [6, 6.07) is 1.44. The van der Waals surface area contributed by atoms with Crippen molar-refractivity contribution in [1.82, 2.24) is 5.32 Å². The molecule has 0 radical (unpaired) electrons. The van der Waals surface area contributed by atoms with Crippen LogP contribution in [-0.4, -0.2) is 12.1 Å². The Morgan fingerprint density at radius 2 is 2.00 bits per heavy atom. The van der Waals surface area contributed by atoms with Crippen LogP contribution in [0.3, 0.4) is 0 Å². The molecule has 1 fully saturated rings. The summed E-state index contributed by atoms with van der Waals surface area (Å²) < 4.78 is 0. The molecule has 1 heteroatoms. The molecule has 2 rings (SSSR count). The maximum Gasteiger partial charge on any atom is 0.0252 e. The molecule has 4 unspecified atom stereocenters. The smallest absolute Gasteiger partial charge is 0.0252 e. The minimum Gasteiger partial charge on any atom is -0.308 e. The summed E-state index contributed by atoms with van der Waals surface area (Å²) in [5, 5.41) is 3.84. The van der Waals surface area contributed by atoms with Gasteiger partial charge in [0.1, 0.15) is 0 Å². The Kier molecular flexibility index (Phi) is 3.85. The van der Waals surface area contributed by atoms with Gasteiger partial charge in [-0.25, -0.2) is 0 Å². The zero-order valence-corrected chi connectivity index (χ0v) is 10.2. The van der Waals surface area contributed by atoms with Crippen molar-refractivity contribution in [3.8, 4) is 0 Å². The topological polar surface area (TPSA) is 12.0 Å². The van der Waals surface area contributed by atoms with Crippen LogP contribution in [0.4, 0.5) is 0 Å². The zero-order valence-electron chi connectivity index (χ0n) is 10.2. The molecule has 0 aromatic rings. The summed E-state index contributed by atoms with van der Waals surface area (Å²) in [7, 11) is 0. The van der Waals surface area contributed by atoms with Crippen LogP contribution in [0.15, 0.2) is 12.2 Å². The highest BCUT2D eigenvalue weighted by Crippen LogP contribution is 2.29. The summed E-state index contributed by atoms with van der Waals surface area (Å²) in [5.74, 6) is 1.81. The summed E-state index contributed by atoms with van der Waals surface area (Å²) >= 11 is 0. The van der Waals surface area contributed by atoms with E-state index >= 15 is 0 Å². The largest absolute Gasteiger partial charge is 0.308 e. The molecule has 86 valence electrons. The van der Waals surface area contributed by atoms with Crippen LogP contribution in [0, 0.1) is 11.8 Å². The Labute approximate surface area is 94.3 Å². The lowest BCUT2D eigenvalue weighted by Crippen LogP contribution is -2.44. The van der Waals surface area contributed by atoms with Crippen molar-refractivity contribution in [2.75, 3.05) is 0 Å². The minimum atomic E-state index is 0.666. The molecular weight excluding hydrogens is 182 g/mol. The Balaban J connectivity index is 1.83. The Morgan fingerprint density at radius 1 is 1.13 bits per heavy atom. The first kappa shape index (κ1) is 11.2. The van der Waals surface area contributed by atoms with Gasteiger partial charge in [-0.05, 0) is 50.4 Å².